The number of ether oxygens (including phenoxy) is 1. The topological polar surface area (TPSA) is 113 Å². The number of tetrazole rings is 1. The first-order valence-electron chi connectivity index (χ1n) is 12.2. The predicted octanol–water partition coefficient (Wildman–Crippen LogP) is 3.82. The van der Waals surface area contributed by atoms with Gasteiger partial charge in [0.2, 0.25) is 5.82 Å². The lowest BCUT2D eigenvalue weighted by Gasteiger charge is -2.18. The molecular formula is C25H31F2N9O. The molecule has 0 fully saturated rings. The van der Waals surface area contributed by atoms with Crippen LogP contribution in [0.4, 0.5) is 14.6 Å². The van der Waals surface area contributed by atoms with Crippen LogP contribution in [0.15, 0.2) is 36.8 Å². The SMILES string of the molecule is CCN(CC)CCOc1ccc(-n2nnnc2-c2cc(-c3cnn(CC(C)C)c3)cnc2N)c(F)c1F. The Hall–Kier alpha value is -3.93. The molecule has 2 N–H and O–H groups in total. The van der Waals surface area contributed by atoms with Gasteiger partial charge in [-0.25, -0.2) is 9.37 Å². The lowest BCUT2D eigenvalue weighted by Crippen LogP contribution is -2.28. The molecule has 0 bridgehead atoms. The van der Waals surface area contributed by atoms with Crippen LogP contribution in [0.1, 0.15) is 27.7 Å². The van der Waals surface area contributed by atoms with Gasteiger partial charge < -0.3 is 15.4 Å². The average molecular weight is 512 g/mol. The molecule has 3 heterocycles. The highest BCUT2D eigenvalue weighted by Gasteiger charge is 2.22. The minimum Gasteiger partial charge on any atom is -0.489 e. The first-order chi connectivity index (χ1) is 17.8. The average Bonchev–Trinajstić information content (AvgIpc) is 3.54. The Bertz CT molecular complexity index is 1350. The van der Waals surface area contributed by atoms with Crippen LogP contribution in [0.3, 0.4) is 0 Å². The van der Waals surface area contributed by atoms with E-state index in [0.717, 1.165) is 35.4 Å². The lowest BCUT2D eigenvalue weighted by atomic mass is 10.1. The van der Waals surface area contributed by atoms with Gasteiger partial charge in [0.05, 0.1) is 11.8 Å². The third kappa shape index (κ3) is 5.74. The summed E-state index contributed by atoms with van der Waals surface area (Å²) in [6.07, 6.45) is 5.26. The highest BCUT2D eigenvalue weighted by atomic mass is 19.2. The number of benzene rings is 1. The molecule has 0 atom stereocenters. The standard InChI is InChI=1S/C25H31F2N9O/c1-5-34(6-2)9-10-37-21-8-7-20(22(26)23(21)27)36-25(31-32-33-36)19-11-17(12-29-24(19)28)18-13-30-35(15-18)14-16(3)4/h7-8,11-13,15-16H,5-6,9-10,14H2,1-4H3,(H2,28,29). The minimum atomic E-state index is -1.13. The van der Waals surface area contributed by atoms with Gasteiger partial charge >= 0.3 is 0 Å². The largest absolute Gasteiger partial charge is 0.489 e. The summed E-state index contributed by atoms with van der Waals surface area (Å²) in [5, 5.41) is 16.0. The van der Waals surface area contributed by atoms with E-state index in [4.69, 9.17) is 10.5 Å². The second-order valence-electron chi connectivity index (χ2n) is 9.00. The Morgan fingerprint density at radius 3 is 2.59 bits per heavy atom. The summed E-state index contributed by atoms with van der Waals surface area (Å²) in [6.45, 7) is 11.6. The molecule has 12 heteroatoms. The van der Waals surface area contributed by atoms with Crippen LogP contribution >= 0.6 is 0 Å². The van der Waals surface area contributed by atoms with Gasteiger partial charge in [0, 0.05) is 36.6 Å². The van der Waals surface area contributed by atoms with Crippen LogP contribution in [0.25, 0.3) is 28.2 Å². The van der Waals surface area contributed by atoms with Gasteiger partial charge in [-0.05, 0) is 47.6 Å². The zero-order chi connectivity index (χ0) is 26.5. The second-order valence-corrected chi connectivity index (χ2v) is 9.00. The molecule has 0 radical (unpaired) electrons. The number of nitrogens with zero attached hydrogens (tertiary/aromatic N) is 8. The molecule has 0 aliphatic heterocycles. The van der Waals surface area contributed by atoms with Crippen molar-refractivity contribution in [3.63, 3.8) is 0 Å². The minimum absolute atomic E-state index is 0.120. The number of rotatable bonds is 11. The molecular weight excluding hydrogens is 480 g/mol. The van der Waals surface area contributed by atoms with Gasteiger partial charge in [0.1, 0.15) is 18.1 Å². The van der Waals surface area contributed by atoms with E-state index in [1.165, 1.54) is 12.1 Å². The number of nitrogen functional groups attached to an aromatic ring is 1. The molecule has 0 aliphatic carbocycles. The Labute approximate surface area is 214 Å². The number of likely N-dealkylation sites (N-methyl/N-ethyl adjacent to an activating group) is 1. The van der Waals surface area contributed by atoms with Gasteiger partial charge in [-0.3, -0.25) is 4.68 Å². The van der Waals surface area contributed by atoms with Gasteiger partial charge in [-0.2, -0.15) is 14.2 Å². The maximum absolute atomic E-state index is 15.2. The number of aromatic nitrogens is 7. The zero-order valence-electron chi connectivity index (χ0n) is 21.4. The predicted molar refractivity (Wildman–Crippen MR) is 136 cm³/mol. The Kier molecular flexibility index (Phi) is 8.07. The quantitative estimate of drug-likeness (QED) is 0.323. The van der Waals surface area contributed by atoms with E-state index in [-0.39, 0.29) is 29.7 Å². The highest BCUT2D eigenvalue weighted by molar-refractivity contribution is 5.76. The Morgan fingerprint density at radius 1 is 1.08 bits per heavy atom. The van der Waals surface area contributed by atoms with E-state index >= 15 is 4.39 Å². The van der Waals surface area contributed by atoms with Crippen molar-refractivity contribution in [3.05, 3.63) is 48.4 Å². The maximum atomic E-state index is 15.2. The molecule has 0 unspecified atom stereocenters. The molecule has 4 aromatic rings. The molecule has 1 aromatic carbocycles. The van der Waals surface area contributed by atoms with Gasteiger partial charge in [-0.15, -0.1) is 5.10 Å². The van der Waals surface area contributed by atoms with Crippen LogP contribution in [-0.2, 0) is 6.54 Å². The van der Waals surface area contributed by atoms with Crippen molar-refractivity contribution >= 4 is 5.82 Å². The molecule has 10 nitrogen and oxygen atoms in total. The van der Waals surface area contributed by atoms with E-state index in [1.807, 2.05) is 24.7 Å². The second kappa shape index (κ2) is 11.4. The van der Waals surface area contributed by atoms with Crippen molar-refractivity contribution in [2.45, 2.75) is 34.2 Å². The summed E-state index contributed by atoms with van der Waals surface area (Å²) < 4.78 is 38.5. The number of hydrogen-bond acceptors (Lipinski definition) is 8. The summed E-state index contributed by atoms with van der Waals surface area (Å²) in [4.78, 5) is 6.40. The normalized spacial score (nSPS) is 11.6. The van der Waals surface area contributed by atoms with Crippen molar-refractivity contribution in [1.82, 2.24) is 39.9 Å². The Morgan fingerprint density at radius 2 is 1.86 bits per heavy atom. The molecule has 3 aromatic heterocycles. The van der Waals surface area contributed by atoms with Gasteiger partial charge in [-0.1, -0.05) is 27.7 Å². The molecule has 37 heavy (non-hydrogen) atoms. The van der Waals surface area contributed by atoms with E-state index in [1.54, 1.807) is 18.5 Å². The summed E-state index contributed by atoms with van der Waals surface area (Å²) in [5.41, 5.74) is 7.90. The Balaban J connectivity index is 1.63. The first kappa shape index (κ1) is 26.1. The van der Waals surface area contributed by atoms with E-state index in [0.29, 0.717) is 18.0 Å². The molecule has 0 amide bonds. The fraction of sp³-hybridized carbons (Fsp3) is 0.400. The third-order valence-corrected chi connectivity index (χ3v) is 5.96. The van der Waals surface area contributed by atoms with Crippen molar-refractivity contribution in [3.8, 4) is 34.0 Å². The van der Waals surface area contributed by atoms with Crippen LogP contribution in [-0.4, -0.2) is 66.1 Å². The number of anilines is 1. The molecule has 0 saturated heterocycles. The molecule has 0 spiro atoms. The fourth-order valence-corrected chi connectivity index (χ4v) is 3.94. The van der Waals surface area contributed by atoms with Crippen LogP contribution in [0.5, 0.6) is 5.75 Å². The maximum Gasteiger partial charge on any atom is 0.202 e. The number of pyridine rings is 1. The molecule has 0 aliphatic rings. The molecule has 4 rings (SSSR count). The van der Waals surface area contributed by atoms with Crippen LogP contribution in [0.2, 0.25) is 0 Å². The van der Waals surface area contributed by atoms with Crippen molar-refractivity contribution in [2.75, 3.05) is 32.0 Å². The van der Waals surface area contributed by atoms with Crippen LogP contribution in [0, 0.1) is 17.6 Å². The van der Waals surface area contributed by atoms with E-state index < -0.39 is 11.6 Å². The van der Waals surface area contributed by atoms with Crippen LogP contribution < -0.4 is 10.5 Å². The van der Waals surface area contributed by atoms with Gasteiger partial charge in [0.15, 0.2) is 17.4 Å². The summed E-state index contributed by atoms with van der Waals surface area (Å²) in [6, 6.07) is 4.48. The van der Waals surface area contributed by atoms with E-state index in [9.17, 15) is 4.39 Å². The third-order valence-electron chi connectivity index (χ3n) is 5.96. The number of hydrogen-bond donors (Lipinski definition) is 1. The van der Waals surface area contributed by atoms with Gasteiger partial charge in [0.25, 0.3) is 0 Å². The first-order valence-corrected chi connectivity index (χ1v) is 12.2. The van der Waals surface area contributed by atoms with Crippen molar-refractivity contribution in [1.29, 1.82) is 0 Å². The van der Waals surface area contributed by atoms with Crippen molar-refractivity contribution in [2.24, 2.45) is 5.92 Å². The smallest absolute Gasteiger partial charge is 0.202 e. The number of halogens is 2. The molecule has 196 valence electrons. The van der Waals surface area contributed by atoms with E-state index in [2.05, 4.69) is 44.4 Å². The summed E-state index contributed by atoms with van der Waals surface area (Å²) in [7, 11) is 0. The fourth-order valence-electron chi connectivity index (χ4n) is 3.94. The molecule has 0 saturated carbocycles. The monoisotopic (exact) mass is 511 g/mol. The highest BCUT2D eigenvalue weighted by Crippen LogP contribution is 2.31. The lowest BCUT2D eigenvalue weighted by molar-refractivity contribution is 0.215. The zero-order valence-corrected chi connectivity index (χ0v) is 21.4. The van der Waals surface area contributed by atoms with Crippen molar-refractivity contribution < 1.29 is 13.5 Å². The summed E-state index contributed by atoms with van der Waals surface area (Å²) in [5.74, 6) is -1.72. The summed E-state index contributed by atoms with van der Waals surface area (Å²) >= 11 is 0. The number of nitrogens with two attached hydrogens (primary N) is 1.